The molecule has 2 aromatic rings. The first kappa shape index (κ1) is 11.4. The molecule has 0 saturated carbocycles. The maximum atomic E-state index is 5.48. The van der Waals surface area contributed by atoms with Crippen molar-refractivity contribution < 1.29 is 9.47 Å². The van der Waals surface area contributed by atoms with E-state index in [1.807, 2.05) is 6.07 Å². The fourth-order valence-electron chi connectivity index (χ4n) is 2.73. The summed E-state index contributed by atoms with van der Waals surface area (Å²) in [4.78, 5) is 3.48. The number of aryl methyl sites for hydroxylation is 1. The number of methoxy groups -OCH3 is 2. The standard InChI is InChI=1S/C14H18N2O2/c1-17-12-6-5-10-9-4-3-7-15-8-11(9)16-13(10)14(12)18-2/h5-6,15-16H,3-4,7-8H2,1-2H3. The van der Waals surface area contributed by atoms with E-state index in [4.69, 9.17) is 9.47 Å². The first-order valence-electron chi connectivity index (χ1n) is 6.30. The minimum absolute atomic E-state index is 0.773. The van der Waals surface area contributed by atoms with Crippen molar-refractivity contribution in [2.45, 2.75) is 19.4 Å². The number of nitrogens with one attached hydrogen (secondary N) is 2. The van der Waals surface area contributed by atoms with E-state index in [9.17, 15) is 0 Å². The highest BCUT2D eigenvalue weighted by molar-refractivity contribution is 5.91. The lowest BCUT2D eigenvalue weighted by Crippen LogP contribution is -2.12. The Balaban J connectivity index is 2.24. The quantitative estimate of drug-likeness (QED) is 0.854. The molecule has 1 aliphatic heterocycles. The van der Waals surface area contributed by atoms with Crippen LogP contribution in [0.1, 0.15) is 17.7 Å². The number of rotatable bonds is 2. The molecule has 0 fully saturated rings. The highest BCUT2D eigenvalue weighted by Crippen LogP contribution is 2.38. The highest BCUT2D eigenvalue weighted by atomic mass is 16.5. The molecule has 1 aromatic carbocycles. The molecule has 1 aromatic heterocycles. The first-order chi connectivity index (χ1) is 8.85. The van der Waals surface area contributed by atoms with Gasteiger partial charge < -0.3 is 19.8 Å². The topological polar surface area (TPSA) is 46.3 Å². The third kappa shape index (κ3) is 1.64. The smallest absolute Gasteiger partial charge is 0.184 e. The van der Waals surface area contributed by atoms with Crippen molar-refractivity contribution >= 4 is 10.9 Å². The zero-order valence-corrected chi connectivity index (χ0v) is 10.8. The Bertz CT molecular complexity index is 575. The lowest BCUT2D eigenvalue weighted by Gasteiger charge is -2.08. The lowest BCUT2D eigenvalue weighted by molar-refractivity contribution is 0.358. The normalized spacial score (nSPS) is 15.2. The highest BCUT2D eigenvalue weighted by Gasteiger charge is 2.18. The molecule has 1 aliphatic rings. The van der Waals surface area contributed by atoms with Crippen LogP contribution in [0.4, 0.5) is 0 Å². The number of hydrogen-bond acceptors (Lipinski definition) is 3. The summed E-state index contributed by atoms with van der Waals surface area (Å²) in [5.41, 5.74) is 3.73. The van der Waals surface area contributed by atoms with Gasteiger partial charge >= 0.3 is 0 Å². The van der Waals surface area contributed by atoms with Crippen LogP contribution in [0, 0.1) is 0 Å². The van der Waals surface area contributed by atoms with Crippen molar-refractivity contribution in [3.05, 3.63) is 23.4 Å². The number of hydrogen-bond donors (Lipinski definition) is 2. The number of aromatic nitrogens is 1. The van der Waals surface area contributed by atoms with E-state index in [1.54, 1.807) is 14.2 Å². The summed E-state index contributed by atoms with van der Waals surface area (Å²) in [6, 6.07) is 4.10. The van der Waals surface area contributed by atoms with Gasteiger partial charge in [0.25, 0.3) is 0 Å². The van der Waals surface area contributed by atoms with Crippen LogP contribution in [0.25, 0.3) is 10.9 Å². The molecule has 0 spiro atoms. The summed E-state index contributed by atoms with van der Waals surface area (Å²) >= 11 is 0. The molecule has 4 nitrogen and oxygen atoms in total. The monoisotopic (exact) mass is 246 g/mol. The van der Waals surface area contributed by atoms with Crippen LogP contribution in [-0.2, 0) is 13.0 Å². The summed E-state index contributed by atoms with van der Waals surface area (Å²) < 4.78 is 10.8. The Morgan fingerprint density at radius 1 is 1.17 bits per heavy atom. The van der Waals surface area contributed by atoms with Crippen LogP contribution >= 0.6 is 0 Å². The maximum absolute atomic E-state index is 5.48. The Morgan fingerprint density at radius 2 is 2.06 bits per heavy atom. The van der Waals surface area contributed by atoms with Crippen molar-refractivity contribution in [2.24, 2.45) is 0 Å². The molecule has 0 saturated heterocycles. The molecular weight excluding hydrogens is 228 g/mol. The van der Waals surface area contributed by atoms with E-state index in [2.05, 4.69) is 16.4 Å². The van der Waals surface area contributed by atoms with E-state index in [0.717, 1.165) is 36.5 Å². The zero-order valence-electron chi connectivity index (χ0n) is 10.8. The van der Waals surface area contributed by atoms with E-state index in [-0.39, 0.29) is 0 Å². The number of H-pyrrole nitrogens is 1. The summed E-state index contributed by atoms with van der Waals surface area (Å²) in [5.74, 6) is 1.57. The fourth-order valence-corrected chi connectivity index (χ4v) is 2.73. The van der Waals surface area contributed by atoms with Crippen molar-refractivity contribution in [2.75, 3.05) is 20.8 Å². The van der Waals surface area contributed by atoms with Gasteiger partial charge in [-0.1, -0.05) is 0 Å². The van der Waals surface area contributed by atoms with Crippen LogP contribution in [0.3, 0.4) is 0 Å². The Morgan fingerprint density at radius 3 is 2.83 bits per heavy atom. The molecule has 0 aliphatic carbocycles. The molecular formula is C14H18N2O2. The van der Waals surface area contributed by atoms with Crippen LogP contribution in [0.15, 0.2) is 12.1 Å². The molecule has 18 heavy (non-hydrogen) atoms. The molecule has 0 amide bonds. The molecule has 2 heterocycles. The average Bonchev–Trinajstić information content (AvgIpc) is 2.59. The van der Waals surface area contributed by atoms with Gasteiger partial charge in [-0.3, -0.25) is 0 Å². The van der Waals surface area contributed by atoms with E-state index >= 15 is 0 Å². The Hall–Kier alpha value is -1.68. The number of ether oxygens (including phenoxy) is 2. The molecule has 0 atom stereocenters. The minimum Gasteiger partial charge on any atom is -0.493 e. The second-order valence-corrected chi connectivity index (χ2v) is 4.59. The average molecular weight is 246 g/mol. The Kier molecular flexibility index (Phi) is 2.88. The van der Waals surface area contributed by atoms with Crippen LogP contribution in [0.2, 0.25) is 0 Å². The van der Waals surface area contributed by atoms with E-state index in [1.165, 1.54) is 23.1 Å². The van der Waals surface area contributed by atoms with Gasteiger partial charge in [-0.15, -0.1) is 0 Å². The largest absolute Gasteiger partial charge is 0.493 e. The third-order valence-electron chi connectivity index (χ3n) is 3.59. The van der Waals surface area contributed by atoms with Crippen molar-refractivity contribution in [1.29, 1.82) is 0 Å². The maximum Gasteiger partial charge on any atom is 0.184 e. The van der Waals surface area contributed by atoms with Crippen molar-refractivity contribution in [3.63, 3.8) is 0 Å². The van der Waals surface area contributed by atoms with Gasteiger partial charge in [0.15, 0.2) is 11.5 Å². The van der Waals surface area contributed by atoms with Gasteiger partial charge in [-0.05, 0) is 37.1 Å². The second-order valence-electron chi connectivity index (χ2n) is 4.59. The zero-order chi connectivity index (χ0) is 12.5. The first-order valence-corrected chi connectivity index (χ1v) is 6.30. The molecule has 0 radical (unpaired) electrons. The molecule has 0 bridgehead atoms. The SMILES string of the molecule is COc1ccc2c3c([nH]c2c1OC)CNCCC3. The summed E-state index contributed by atoms with van der Waals surface area (Å²) in [6.45, 7) is 1.98. The molecule has 96 valence electrons. The van der Waals surface area contributed by atoms with Crippen LogP contribution < -0.4 is 14.8 Å². The second kappa shape index (κ2) is 4.53. The Labute approximate surface area is 106 Å². The van der Waals surface area contributed by atoms with Gasteiger partial charge in [0.2, 0.25) is 0 Å². The van der Waals surface area contributed by atoms with Crippen molar-refractivity contribution in [3.8, 4) is 11.5 Å². The predicted molar refractivity (Wildman–Crippen MR) is 71.4 cm³/mol. The lowest BCUT2D eigenvalue weighted by atomic mass is 10.1. The van der Waals surface area contributed by atoms with E-state index < -0.39 is 0 Å². The third-order valence-corrected chi connectivity index (χ3v) is 3.59. The number of aromatic amines is 1. The number of benzene rings is 1. The summed E-state index contributed by atoms with van der Waals surface area (Å²) in [7, 11) is 3.35. The summed E-state index contributed by atoms with van der Waals surface area (Å²) in [6.07, 6.45) is 2.28. The van der Waals surface area contributed by atoms with Crippen molar-refractivity contribution in [1.82, 2.24) is 10.3 Å². The van der Waals surface area contributed by atoms with E-state index in [0.29, 0.717) is 0 Å². The molecule has 3 rings (SSSR count). The molecule has 2 N–H and O–H groups in total. The minimum atomic E-state index is 0.773. The fraction of sp³-hybridized carbons (Fsp3) is 0.429. The van der Waals surface area contributed by atoms with Gasteiger partial charge in [-0.25, -0.2) is 0 Å². The van der Waals surface area contributed by atoms with Gasteiger partial charge in [0.05, 0.1) is 19.7 Å². The number of fused-ring (bicyclic) bond motifs is 3. The van der Waals surface area contributed by atoms with Gasteiger partial charge in [0.1, 0.15) is 0 Å². The van der Waals surface area contributed by atoms with Gasteiger partial charge in [-0.2, -0.15) is 0 Å². The van der Waals surface area contributed by atoms with Crippen LogP contribution in [0.5, 0.6) is 11.5 Å². The molecule has 4 heteroatoms. The molecule has 0 unspecified atom stereocenters. The summed E-state index contributed by atoms with van der Waals surface area (Å²) in [5, 5.41) is 4.68. The van der Waals surface area contributed by atoms with Gasteiger partial charge in [0, 0.05) is 17.6 Å². The predicted octanol–water partition coefficient (Wildman–Crippen LogP) is 2.22. The van der Waals surface area contributed by atoms with Crippen LogP contribution in [-0.4, -0.2) is 25.7 Å².